The predicted molar refractivity (Wildman–Crippen MR) is 120 cm³/mol. The molecule has 0 atom stereocenters. The number of para-hydroxylation sites is 2. The molecule has 1 aromatic heterocycles. The zero-order chi connectivity index (χ0) is 21.7. The summed E-state index contributed by atoms with van der Waals surface area (Å²) in [6.07, 6.45) is 0.733. The van der Waals surface area contributed by atoms with Gasteiger partial charge in [-0.3, -0.25) is 9.10 Å². The maximum atomic E-state index is 13.2. The van der Waals surface area contributed by atoms with E-state index in [4.69, 9.17) is 4.74 Å². The Bertz CT molecular complexity index is 1130. The first-order valence-corrected chi connectivity index (χ1v) is 11.7. The second-order valence-corrected chi connectivity index (χ2v) is 9.71. The van der Waals surface area contributed by atoms with E-state index >= 15 is 0 Å². The van der Waals surface area contributed by atoms with Crippen LogP contribution in [0.1, 0.15) is 20.8 Å². The van der Waals surface area contributed by atoms with Gasteiger partial charge in [0.25, 0.3) is 15.9 Å². The van der Waals surface area contributed by atoms with Gasteiger partial charge in [-0.2, -0.15) is 0 Å². The molecule has 158 valence electrons. The van der Waals surface area contributed by atoms with Gasteiger partial charge in [0.15, 0.2) is 0 Å². The van der Waals surface area contributed by atoms with Gasteiger partial charge in [0, 0.05) is 24.0 Å². The number of anilines is 1. The molecule has 1 heterocycles. The predicted octanol–water partition coefficient (Wildman–Crippen LogP) is 3.86. The molecule has 8 heteroatoms. The van der Waals surface area contributed by atoms with Crippen LogP contribution in [0.15, 0.2) is 64.9 Å². The van der Waals surface area contributed by atoms with Crippen molar-refractivity contribution in [2.24, 2.45) is 0 Å². The lowest BCUT2D eigenvalue weighted by molar-refractivity contribution is 0.0953. The molecule has 0 aliphatic carbocycles. The average molecular weight is 445 g/mol. The number of thiophene rings is 1. The molecule has 0 spiro atoms. The quantitative estimate of drug-likeness (QED) is 0.572. The van der Waals surface area contributed by atoms with Crippen molar-refractivity contribution in [3.05, 3.63) is 76.0 Å². The van der Waals surface area contributed by atoms with E-state index in [2.05, 4.69) is 5.32 Å². The third-order valence-corrected chi connectivity index (χ3v) is 7.48. The molecule has 3 rings (SSSR count). The van der Waals surface area contributed by atoms with Crippen LogP contribution in [0.3, 0.4) is 0 Å². The highest BCUT2D eigenvalue weighted by Crippen LogP contribution is 2.31. The molecule has 0 aliphatic rings. The number of carbonyl (C=O) groups excluding carboxylic acids is 1. The number of benzene rings is 2. The van der Waals surface area contributed by atoms with E-state index in [0.717, 1.165) is 10.7 Å². The van der Waals surface area contributed by atoms with E-state index in [-0.39, 0.29) is 10.8 Å². The van der Waals surface area contributed by atoms with Crippen molar-refractivity contribution in [3.63, 3.8) is 0 Å². The number of aryl methyl sites for hydroxylation is 1. The highest BCUT2D eigenvalue weighted by molar-refractivity contribution is 7.92. The Kier molecular flexibility index (Phi) is 6.79. The summed E-state index contributed by atoms with van der Waals surface area (Å²) in [4.78, 5) is 13.9. The van der Waals surface area contributed by atoms with Gasteiger partial charge in [-0.15, -0.1) is 11.3 Å². The van der Waals surface area contributed by atoms with Crippen LogP contribution in [-0.4, -0.2) is 35.0 Å². The summed E-state index contributed by atoms with van der Waals surface area (Å²) in [5.41, 5.74) is 1.47. The Balaban J connectivity index is 1.83. The van der Waals surface area contributed by atoms with Crippen molar-refractivity contribution in [1.29, 1.82) is 0 Å². The van der Waals surface area contributed by atoms with Gasteiger partial charge >= 0.3 is 0 Å². The van der Waals surface area contributed by atoms with Crippen LogP contribution in [0, 0.1) is 6.92 Å². The fourth-order valence-corrected chi connectivity index (χ4v) is 4.97. The number of ether oxygens (including phenoxy) is 1. The minimum Gasteiger partial charge on any atom is -0.495 e. The first-order chi connectivity index (χ1) is 14.3. The summed E-state index contributed by atoms with van der Waals surface area (Å²) in [6, 6.07) is 15.5. The minimum absolute atomic E-state index is 0.0462. The van der Waals surface area contributed by atoms with Gasteiger partial charge in [0.2, 0.25) is 0 Å². The standard InChI is InChI=1S/C22H24N2O4S2/c1-16-10-11-18(15-19(16)22(25)23-13-12-17-7-6-14-29-17)30(26,27)24(2)20-8-4-5-9-21(20)28-3/h4-11,14-15H,12-13H2,1-3H3,(H,23,25). The zero-order valence-electron chi connectivity index (χ0n) is 17.1. The van der Waals surface area contributed by atoms with Crippen LogP contribution in [0.2, 0.25) is 0 Å². The number of hydrogen-bond donors (Lipinski definition) is 1. The first-order valence-electron chi connectivity index (χ1n) is 9.38. The molecule has 0 radical (unpaired) electrons. The molecular formula is C22H24N2O4S2. The van der Waals surface area contributed by atoms with Gasteiger partial charge < -0.3 is 10.1 Å². The summed E-state index contributed by atoms with van der Waals surface area (Å²) in [7, 11) is -0.922. The fraction of sp³-hybridized carbons (Fsp3) is 0.227. The van der Waals surface area contributed by atoms with Crippen molar-refractivity contribution in [1.82, 2.24) is 5.32 Å². The molecule has 30 heavy (non-hydrogen) atoms. The highest BCUT2D eigenvalue weighted by atomic mass is 32.2. The molecule has 3 aromatic rings. The van der Waals surface area contributed by atoms with Crippen LogP contribution in [-0.2, 0) is 16.4 Å². The third-order valence-electron chi connectivity index (χ3n) is 4.77. The van der Waals surface area contributed by atoms with E-state index in [0.29, 0.717) is 29.1 Å². The Morgan fingerprint density at radius 1 is 1.13 bits per heavy atom. The largest absolute Gasteiger partial charge is 0.495 e. The molecule has 1 amide bonds. The fourth-order valence-electron chi connectivity index (χ4n) is 3.03. The van der Waals surface area contributed by atoms with Crippen molar-refractivity contribution in [2.75, 3.05) is 25.0 Å². The maximum Gasteiger partial charge on any atom is 0.264 e. The number of methoxy groups -OCH3 is 1. The van der Waals surface area contributed by atoms with Crippen LogP contribution in [0.5, 0.6) is 5.75 Å². The number of sulfonamides is 1. The zero-order valence-corrected chi connectivity index (χ0v) is 18.7. The summed E-state index contributed by atoms with van der Waals surface area (Å²) in [5.74, 6) is 0.156. The molecule has 0 saturated carbocycles. The SMILES string of the molecule is COc1ccccc1N(C)S(=O)(=O)c1ccc(C)c(C(=O)NCCc2cccs2)c1. The summed E-state index contributed by atoms with van der Waals surface area (Å²) in [5, 5.41) is 4.87. The van der Waals surface area contributed by atoms with Crippen molar-refractivity contribution in [2.45, 2.75) is 18.2 Å². The molecule has 0 aliphatic heterocycles. The molecular weight excluding hydrogens is 420 g/mol. The van der Waals surface area contributed by atoms with Crippen LogP contribution < -0.4 is 14.4 Å². The number of hydrogen-bond acceptors (Lipinski definition) is 5. The summed E-state index contributed by atoms with van der Waals surface area (Å²) >= 11 is 1.64. The topological polar surface area (TPSA) is 75.7 Å². The molecule has 0 unspecified atom stereocenters. The van der Waals surface area contributed by atoms with E-state index in [9.17, 15) is 13.2 Å². The molecule has 2 aromatic carbocycles. The van der Waals surface area contributed by atoms with E-state index in [1.54, 1.807) is 48.6 Å². The van der Waals surface area contributed by atoms with E-state index < -0.39 is 10.0 Å². The van der Waals surface area contributed by atoms with E-state index in [1.807, 2.05) is 17.5 Å². The van der Waals surface area contributed by atoms with Crippen molar-refractivity contribution < 1.29 is 17.9 Å². The van der Waals surface area contributed by atoms with Gasteiger partial charge in [-0.25, -0.2) is 8.42 Å². The Morgan fingerprint density at radius 3 is 2.60 bits per heavy atom. The Morgan fingerprint density at radius 2 is 1.90 bits per heavy atom. The Hall–Kier alpha value is -2.84. The third kappa shape index (κ3) is 4.66. The molecule has 0 fully saturated rings. The summed E-state index contributed by atoms with van der Waals surface area (Å²) in [6.45, 7) is 2.27. The van der Waals surface area contributed by atoms with Gasteiger partial charge in [-0.1, -0.05) is 24.3 Å². The van der Waals surface area contributed by atoms with Gasteiger partial charge in [0.1, 0.15) is 5.75 Å². The van der Waals surface area contributed by atoms with Crippen molar-refractivity contribution in [3.8, 4) is 5.75 Å². The smallest absolute Gasteiger partial charge is 0.264 e. The van der Waals surface area contributed by atoms with Crippen molar-refractivity contribution >= 4 is 33.0 Å². The van der Waals surface area contributed by atoms with Crippen LogP contribution in [0.25, 0.3) is 0 Å². The second kappa shape index (κ2) is 9.32. The first kappa shape index (κ1) is 21.9. The number of amides is 1. The maximum absolute atomic E-state index is 13.2. The number of rotatable bonds is 8. The molecule has 0 bridgehead atoms. The highest BCUT2D eigenvalue weighted by Gasteiger charge is 2.25. The molecule has 1 N–H and O–H groups in total. The summed E-state index contributed by atoms with van der Waals surface area (Å²) < 4.78 is 32.8. The molecule has 0 saturated heterocycles. The van der Waals surface area contributed by atoms with E-state index in [1.165, 1.54) is 31.2 Å². The lowest BCUT2D eigenvalue weighted by atomic mass is 10.1. The number of nitrogens with zero attached hydrogens (tertiary/aromatic N) is 1. The normalized spacial score (nSPS) is 11.2. The van der Waals surface area contributed by atoms with Crippen LogP contribution in [0.4, 0.5) is 5.69 Å². The minimum atomic E-state index is -3.88. The second-order valence-electron chi connectivity index (χ2n) is 6.71. The average Bonchev–Trinajstić information content (AvgIpc) is 3.26. The number of nitrogens with one attached hydrogen (secondary N) is 1. The number of carbonyl (C=O) groups is 1. The Labute approximate surface area is 181 Å². The lowest BCUT2D eigenvalue weighted by Crippen LogP contribution is -2.29. The van der Waals surface area contributed by atoms with Gasteiger partial charge in [0.05, 0.1) is 17.7 Å². The van der Waals surface area contributed by atoms with Crippen LogP contribution >= 0.6 is 11.3 Å². The molecule has 6 nitrogen and oxygen atoms in total. The lowest BCUT2D eigenvalue weighted by Gasteiger charge is -2.22. The van der Waals surface area contributed by atoms with Gasteiger partial charge in [-0.05, 0) is 54.6 Å². The monoisotopic (exact) mass is 444 g/mol.